The van der Waals surface area contributed by atoms with E-state index in [4.69, 9.17) is 12.2 Å². The summed E-state index contributed by atoms with van der Waals surface area (Å²) >= 11 is 6.89. The summed E-state index contributed by atoms with van der Waals surface area (Å²) in [6.45, 7) is 1.26. The Morgan fingerprint density at radius 2 is 2.04 bits per heavy atom. The van der Waals surface area contributed by atoms with Crippen molar-refractivity contribution in [1.82, 2.24) is 19.1 Å². The lowest BCUT2D eigenvalue weighted by Crippen LogP contribution is -2.36. The van der Waals surface area contributed by atoms with Gasteiger partial charge in [-0.3, -0.25) is 9.30 Å². The van der Waals surface area contributed by atoms with E-state index in [1.54, 1.807) is 0 Å². The van der Waals surface area contributed by atoms with Gasteiger partial charge in [-0.25, -0.2) is 4.68 Å². The third-order valence-corrected chi connectivity index (χ3v) is 4.80. The minimum absolute atomic E-state index is 0.0366. The van der Waals surface area contributed by atoms with Gasteiger partial charge in [0.15, 0.2) is 0 Å². The molecule has 0 atom stereocenters. The quantitative estimate of drug-likeness (QED) is 0.634. The fraction of sp³-hybridized carbons (Fsp3) is 0.429. The van der Waals surface area contributed by atoms with E-state index < -0.39 is 12.7 Å². The Hall–Kier alpha value is -1.45. The Morgan fingerprint density at radius 3 is 2.74 bits per heavy atom. The summed E-state index contributed by atoms with van der Waals surface area (Å²) in [6.07, 6.45) is -3.60. The van der Waals surface area contributed by atoms with Crippen molar-refractivity contribution in [2.24, 2.45) is 0 Å². The van der Waals surface area contributed by atoms with Gasteiger partial charge in [-0.2, -0.15) is 13.2 Å². The monoisotopic (exact) mass is 360 g/mol. The molecule has 0 fully saturated rings. The Balaban J connectivity index is 1.96. The molecule has 0 amide bonds. The maximum Gasteiger partial charge on any atom is 0.401 e. The number of rotatable bonds is 5. The van der Waals surface area contributed by atoms with Crippen molar-refractivity contribution in [2.75, 3.05) is 13.1 Å². The van der Waals surface area contributed by atoms with Gasteiger partial charge in [0.2, 0.25) is 9.73 Å². The maximum absolute atomic E-state index is 12.7. The molecule has 0 N–H and O–H groups in total. The van der Waals surface area contributed by atoms with Gasteiger partial charge in [0.05, 0.1) is 23.4 Å². The van der Waals surface area contributed by atoms with Crippen molar-refractivity contribution in [1.29, 1.82) is 0 Å². The smallest absolute Gasteiger partial charge is 0.276 e. The number of halogens is 3. The first kappa shape index (κ1) is 16.4. The second-order valence-corrected chi connectivity index (χ2v) is 6.65. The molecule has 0 saturated carbocycles. The largest absolute Gasteiger partial charge is 0.401 e. The van der Waals surface area contributed by atoms with Crippen molar-refractivity contribution < 1.29 is 13.2 Å². The van der Waals surface area contributed by atoms with Crippen LogP contribution < -0.4 is 0 Å². The number of hydrogen-bond acceptors (Lipinski definition) is 4. The molecule has 0 spiro atoms. The summed E-state index contributed by atoms with van der Waals surface area (Å²) < 4.78 is 42.8. The highest BCUT2D eigenvalue weighted by atomic mass is 32.1. The van der Waals surface area contributed by atoms with Gasteiger partial charge in [-0.1, -0.05) is 30.4 Å². The second kappa shape index (κ2) is 6.21. The van der Waals surface area contributed by atoms with Crippen LogP contribution in [0.25, 0.3) is 15.2 Å². The highest BCUT2D eigenvalue weighted by molar-refractivity contribution is 7.71. The zero-order valence-corrected chi connectivity index (χ0v) is 14.0. The topological polar surface area (TPSA) is 25.5 Å². The van der Waals surface area contributed by atoms with Crippen molar-refractivity contribution in [3.05, 3.63) is 29.0 Å². The molecule has 2 aromatic heterocycles. The van der Waals surface area contributed by atoms with Crippen LogP contribution in [0.5, 0.6) is 0 Å². The predicted octanol–water partition coefficient (Wildman–Crippen LogP) is 4.31. The highest BCUT2D eigenvalue weighted by Crippen LogP contribution is 2.26. The minimum atomic E-state index is -4.23. The fourth-order valence-electron chi connectivity index (χ4n) is 2.54. The molecule has 0 saturated heterocycles. The summed E-state index contributed by atoms with van der Waals surface area (Å²) in [5, 5.41) is 4.39. The Morgan fingerprint density at radius 1 is 1.30 bits per heavy atom. The molecule has 0 aliphatic carbocycles. The predicted molar refractivity (Wildman–Crippen MR) is 87.3 cm³/mol. The van der Waals surface area contributed by atoms with Gasteiger partial charge >= 0.3 is 6.18 Å². The average molecular weight is 360 g/mol. The van der Waals surface area contributed by atoms with Crippen LogP contribution in [0, 0.1) is 4.77 Å². The van der Waals surface area contributed by atoms with Crippen molar-refractivity contribution in [3.8, 4) is 0 Å². The van der Waals surface area contributed by atoms with Crippen LogP contribution in [0.2, 0.25) is 0 Å². The number of alkyl halides is 3. The Bertz CT molecular complexity index is 878. The molecule has 2 heterocycles. The molecule has 0 radical (unpaired) electrons. The van der Waals surface area contributed by atoms with Gasteiger partial charge in [0, 0.05) is 0 Å². The summed E-state index contributed by atoms with van der Waals surface area (Å²) in [7, 11) is 0. The third kappa shape index (κ3) is 3.41. The molecule has 0 aliphatic heterocycles. The molecule has 0 aliphatic rings. The van der Waals surface area contributed by atoms with Crippen LogP contribution in [0.4, 0.5) is 13.2 Å². The zero-order chi connectivity index (χ0) is 16.6. The lowest BCUT2D eigenvalue weighted by molar-refractivity contribution is -0.149. The van der Waals surface area contributed by atoms with Gasteiger partial charge in [0.1, 0.15) is 0 Å². The summed E-state index contributed by atoms with van der Waals surface area (Å²) in [4.78, 5) is 2.01. The number of fused-ring (bicyclic) bond motifs is 3. The minimum Gasteiger partial charge on any atom is -0.276 e. The van der Waals surface area contributed by atoms with Crippen LogP contribution >= 0.6 is 23.6 Å². The van der Waals surface area contributed by atoms with Gasteiger partial charge in [-0.15, -0.1) is 5.10 Å². The number of nitrogens with zero attached hydrogens (tertiary/aromatic N) is 4. The summed E-state index contributed by atoms with van der Waals surface area (Å²) in [6, 6.07) is 7.74. The molecule has 9 heteroatoms. The van der Waals surface area contributed by atoms with Crippen molar-refractivity contribution in [2.45, 2.75) is 26.2 Å². The van der Waals surface area contributed by atoms with Crippen molar-refractivity contribution in [3.63, 3.8) is 0 Å². The standard InChI is InChI=1S/C14H15F3N4S2/c1-2-7-19(8-14(15,16)17)9-20-13(22)21-10-5-3-4-6-11(10)23-12(21)18-20/h3-6H,2,7-9H2,1H3. The second-order valence-electron chi connectivity index (χ2n) is 5.28. The summed E-state index contributed by atoms with van der Waals surface area (Å²) in [5.74, 6) is 0. The number of para-hydroxylation sites is 1. The van der Waals surface area contributed by atoms with E-state index in [0.29, 0.717) is 22.7 Å². The van der Waals surface area contributed by atoms with Gasteiger partial charge in [0.25, 0.3) is 0 Å². The zero-order valence-electron chi connectivity index (χ0n) is 12.4. The molecule has 0 unspecified atom stereocenters. The SMILES string of the molecule is CCCN(Cn1nc2sc3ccccc3n2c1=S)CC(F)(F)F. The summed E-state index contributed by atoms with van der Waals surface area (Å²) in [5.41, 5.74) is 0.932. The van der Waals surface area contributed by atoms with Crippen LogP contribution in [0.15, 0.2) is 24.3 Å². The number of hydrogen-bond donors (Lipinski definition) is 0. The van der Waals surface area contributed by atoms with Crippen LogP contribution in [0.1, 0.15) is 13.3 Å². The van der Waals surface area contributed by atoms with Crippen LogP contribution in [-0.2, 0) is 6.67 Å². The molecule has 4 nitrogen and oxygen atoms in total. The molecule has 23 heavy (non-hydrogen) atoms. The fourth-order valence-corrected chi connectivity index (χ4v) is 3.90. The Kier molecular flexibility index (Phi) is 4.43. The van der Waals surface area contributed by atoms with Gasteiger partial charge in [-0.05, 0) is 37.3 Å². The molecule has 3 rings (SSSR count). The molecule has 1 aromatic carbocycles. The molecule has 3 aromatic rings. The van der Waals surface area contributed by atoms with E-state index in [1.807, 2.05) is 35.6 Å². The number of aromatic nitrogens is 3. The first-order valence-corrected chi connectivity index (χ1v) is 8.38. The van der Waals surface area contributed by atoms with E-state index in [9.17, 15) is 13.2 Å². The van der Waals surface area contributed by atoms with E-state index >= 15 is 0 Å². The molecule has 124 valence electrons. The normalized spacial score (nSPS) is 12.7. The van der Waals surface area contributed by atoms with E-state index in [1.165, 1.54) is 20.9 Å². The lowest BCUT2D eigenvalue weighted by Gasteiger charge is -2.22. The van der Waals surface area contributed by atoms with Gasteiger partial charge < -0.3 is 0 Å². The maximum atomic E-state index is 12.7. The number of thiazole rings is 1. The molecule has 0 bridgehead atoms. The Labute approximate surface area is 139 Å². The van der Waals surface area contributed by atoms with E-state index in [2.05, 4.69) is 5.10 Å². The van der Waals surface area contributed by atoms with Crippen LogP contribution in [-0.4, -0.2) is 38.3 Å². The molecular weight excluding hydrogens is 345 g/mol. The molecular formula is C14H15F3N4S2. The number of benzene rings is 1. The average Bonchev–Trinajstić information content (AvgIpc) is 2.95. The van der Waals surface area contributed by atoms with Crippen LogP contribution in [0.3, 0.4) is 0 Å². The lowest BCUT2D eigenvalue weighted by atomic mass is 10.3. The first-order chi connectivity index (χ1) is 10.9. The highest BCUT2D eigenvalue weighted by Gasteiger charge is 2.30. The van der Waals surface area contributed by atoms with Crippen molar-refractivity contribution >= 4 is 38.7 Å². The van der Waals surface area contributed by atoms with E-state index in [0.717, 1.165) is 10.2 Å². The van der Waals surface area contributed by atoms with E-state index in [-0.39, 0.29) is 6.67 Å². The first-order valence-electron chi connectivity index (χ1n) is 7.15. The third-order valence-electron chi connectivity index (χ3n) is 3.39.